The van der Waals surface area contributed by atoms with Crippen LogP contribution in [-0.2, 0) is 19.4 Å². The molecular weight excluding hydrogens is 278 g/mol. The van der Waals surface area contributed by atoms with Crippen molar-refractivity contribution in [3.63, 3.8) is 0 Å². The van der Waals surface area contributed by atoms with E-state index in [1.807, 2.05) is 0 Å². The summed E-state index contributed by atoms with van der Waals surface area (Å²) in [4.78, 5) is 0. The fourth-order valence-electron chi connectivity index (χ4n) is 1.85. The Morgan fingerprint density at radius 2 is 2.06 bits per heavy atom. The highest BCUT2D eigenvalue weighted by Gasteiger charge is 2.12. The zero-order valence-electron chi connectivity index (χ0n) is 11.4. The third kappa shape index (κ3) is 4.11. The summed E-state index contributed by atoms with van der Waals surface area (Å²) in [7, 11) is 0. The predicted octanol–water partition coefficient (Wildman–Crippen LogP) is 3.02. The molecular formula is C13H24BrN3. The summed E-state index contributed by atoms with van der Waals surface area (Å²) in [5.74, 6) is 0.709. The Bertz CT molecular complexity index is 345. The second-order valence-corrected chi connectivity index (χ2v) is 5.52. The lowest BCUT2D eigenvalue weighted by atomic mass is 10.2. The van der Waals surface area contributed by atoms with E-state index in [1.165, 1.54) is 15.9 Å². The van der Waals surface area contributed by atoms with Gasteiger partial charge in [-0.25, -0.2) is 0 Å². The number of nitrogens with one attached hydrogen (secondary N) is 1. The van der Waals surface area contributed by atoms with E-state index in [0.717, 1.165) is 32.5 Å². The lowest BCUT2D eigenvalue weighted by Gasteiger charge is -2.08. The van der Waals surface area contributed by atoms with Gasteiger partial charge < -0.3 is 5.32 Å². The Kier molecular flexibility index (Phi) is 6.20. The minimum atomic E-state index is 0.709. The molecule has 1 aromatic rings. The van der Waals surface area contributed by atoms with Gasteiger partial charge in [0.05, 0.1) is 15.9 Å². The average molecular weight is 302 g/mol. The number of hydrogen-bond acceptors (Lipinski definition) is 2. The fourth-order valence-corrected chi connectivity index (χ4v) is 2.62. The Morgan fingerprint density at radius 1 is 1.35 bits per heavy atom. The smallest absolute Gasteiger partial charge is 0.0766 e. The fraction of sp³-hybridized carbons (Fsp3) is 0.769. The molecule has 0 spiro atoms. The third-order valence-electron chi connectivity index (χ3n) is 2.79. The van der Waals surface area contributed by atoms with E-state index in [1.54, 1.807) is 0 Å². The standard InChI is InChI=1S/C13H24BrN3/c1-5-11-13(14)12(17(6-2)16-11)7-8-15-9-10(3)4/h10,15H,5-9H2,1-4H3. The van der Waals surface area contributed by atoms with Crippen LogP contribution >= 0.6 is 15.9 Å². The molecule has 1 aromatic heterocycles. The van der Waals surface area contributed by atoms with E-state index in [4.69, 9.17) is 0 Å². The lowest BCUT2D eigenvalue weighted by Crippen LogP contribution is -2.23. The van der Waals surface area contributed by atoms with Crippen molar-refractivity contribution in [2.24, 2.45) is 5.92 Å². The molecule has 0 saturated heterocycles. The molecule has 0 aliphatic rings. The highest BCUT2D eigenvalue weighted by Crippen LogP contribution is 2.22. The van der Waals surface area contributed by atoms with Crippen molar-refractivity contribution in [3.05, 3.63) is 15.9 Å². The van der Waals surface area contributed by atoms with Crippen LogP contribution in [0.4, 0.5) is 0 Å². The number of nitrogens with zero attached hydrogens (tertiary/aromatic N) is 2. The summed E-state index contributed by atoms with van der Waals surface area (Å²) in [6.07, 6.45) is 2.02. The Balaban J connectivity index is 2.59. The molecule has 17 heavy (non-hydrogen) atoms. The first-order chi connectivity index (χ1) is 8.10. The first-order valence-electron chi connectivity index (χ1n) is 6.54. The number of aryl methyl sites for hydroxylation is 2. The van der Waals surface area contributed by atoms with Gasteiger partial charge in [0, 0.05) is 19.5 Å². The molecule has 98 valence electrons. The topological polar surface area (TPSA) is 29.9 Å². The first-order valence-corrected chi connectivity index (χ1v) is 7.34. The molecule has 0 atom stereocenters. The van der Waals surface area contributed by atoms with Crippen LogP contribution in [0.3, 0.4) is 0 Å². The van der Waals surface area contributed by atoms with Crippen molar-refractivity contribution in [1.82, 2.24) is 15.1 Å². The molecule has 0 radical (unpaired) electrons. The zero-order valence-corrected chi connectivity index (χ0v) is 13.0. The van der Waals surface area contributed by atoms with Gasteiger partial charge in [0.1, 0.15) is 0 Å². The van der Waals surface area contributed by atoms with Crippen LogP contribution in [0.15, 0.2) is 4.47 Å². The summed E-state index contributed by atoms with van der Waals surface area (Å²) in [5, 5.41) is 8.08. The van der Waals surface area contributed by atoms with Gasteiger partial charge >= 0.3 is 0 Å². The molecule has 1 heterocycles. The minimum absolute atomic E-state index is 0.709. The number of halogens is 1. The molecule has 0 fully saturated rings. The van der Waals surface area contributed by atoms with Crippen LogP contribution in [0.5, 0.6) is 0 Å². The molecule has 0 aromatic carbocycles. The molecule has 0 bridgehead atoms. The van der Waals surface area contributed by atoms with Crippen molar-refractivity contribution >= 4 is 15.9 Å². The van der Waals surface area contributed by atoms with Crippen molar-refractivity contribution < 1.29 is 0 Å². The normalized spacial score (nSPS) is 11.4. The maximum absolute atomic E-state index is 4.60. The molecule has 0 aliphatic carbocycles. The van der Waals surface area contributed by atoms with Crippen molar-refractivity contribution in [3.8, 4) is 0 Å². The van der Waals surface area contributed by atoms with E-state index in [-0.39, 0.29) is 0 Å². The van der Waals surface area contributed by atoms with Gasteiger partial charge in [0.2, 0.25) is 0 Å². The lowest BCUT2D eigenvalue weighted by molar-refractivity contribution is 0.540. The Hall–Kier alpha value is -0.350. The average Bonchev–Trinajstić information content (AvgIpc) is 2.61. The van der Waals surface area contributed by atoms with E-state index in [2.05, 4.69) is 58.7 Å². The summed E-state index contributed by atoms with van der Waals surface area (Å²) >= 11 is 3.67. The van der Waals surface area contributed by atoms with Crippen molar-refractivity contribution in [2.45, 2.75) is 47.1 Å². The van der Waals surface area contributed by atoms with Gasteiger partial charge in [-0.1, -0.05) is 20.8 Å². The third-order valence-corrected chi connectivity index (χ3v) is 3.70. The summed E-state index contributed by atoms with van der Waals surface area (Å²) < 4.78 is 3.31. The van der Waals surface area contributed by atoms with Crippen LogP contribution in [0.2, 0.25) is 0 Å². The minimum Gasteiger partial charge on any atom is -0.316 e. The van der Waals surface area contributed by atoms with Gasteiger partial charge in [-0.3, -0.25) is 4.68 Å². The van der Waals surface area contributed by atoms with Crippen LogP contribution < -0.4 is 5.32 Å². The Morgan fingerprint density at radius 3 is 2.59 bits per heavy atom. The quantitative estimate of drug-likeness (QED) is 0.785. The highest BCUT2D eigenvalue weighted by molar-refractivity contribution is 9.10. The van der Waals surface area contributed by atoms with Gasteiger partial charge in [0.15, 0.2) is 0 Å². The van der Waals surface area contributed by atoms with Crippen LogP contribution in [0, 0.1) is 5.92 Å². The monoisotopic (exact) mass is 301 g/mol. The van der Waals surface area contributed by atoms with Crippen LogP contribution in [-0.4, -0.2) is 22.9 Å². The van der Waals surface area contributed by atoms with Crippen molar-refractivity contribution in [2.75, 3.05) is 13.1 Å². The van der Waals surface area contributed by atoms with Gasteiger partial charge in [0.25, 0.3) is 0 Å². The summed E-state index contributed by atoms with van der Waals surface area (Å²) in [6, 6.07) is 0. The largest absolute Gasteiger partial charge is 0.316 e. The molecule has 0 amide bonds. The van der Waals surface area contributed by atoms with Crippen LogP contribution in [0.25, 0.3) is 0 Å². The molecule has 0 unspecified atom stereocenters. The van der Waals surface area contributed by atoms with E-state index >= 15 is 0 Å². The summed E-state index contributed by atoms with van der Waals surface area (Å²) in [6.45, 7) is 11.8. The second kappa shape index (κ2) is 7.17. The molecule has 0 saturated carbocycles. The zero-order chi connectivity index (χ0) is 12.8. The number of rotatable bonds is 7. The first kappa shape index (κ1) is 14.7. The van der Waals surface area contributed by atoms with Gasteiger partial charge in [-0.15, -0.1) is 0 Å². The molecule has 4 heteroatoms. The summed E-state index contributed by atoms with van der Waals surface area (Å²) in [5.41, 5.74) is 2.49. The molecule has 1 rings (SSSR count). The van der Waals surface area contributed by atoms with E-state index in [0.29, 0.717) is 5.92 Å². The predicted molar refractivity (Wildman–Crippen MR) is 76.4 cm³/mol. The maximum atomic E-state index is 4.60. The number of aromatic nitrogens is 2. The van der Waals surface area contributed by atoms with Crippen molar-refractivity contribution in [1.29, 1.82) is 0 Å². The molecule has 3 nitrogen and oxygen atoms in total. The molecule has 0 aliphatic heterocycles. The van der Waals surface area contributed by atoms with Gasteiger partial charge in [-0.05, 0) is 41.7 Å². The van der Waals surface area contributed by atoms with Gasteiger partial charge in [-0.2, -0.15) is 5.10 Å². The highest BCUT2D eigenvalue weighted by atomic mass is 79.9. The maximum Gasteiger partial charge on any atom is 0.0766 e. The SMILES string of the molecule is CCc1nn(CC)c(CCNCC(C)C)c1Br. The second-order valence-electron chi connectivity index (χ2n) is 4.72. The Labute approximate surface area is 113 Å². The van der Waals surface area contributed by atoms with Crippen LogP contribution in [0.1, 0.15) is 39.1 Å². The van der Waals surface area contributed by atoms with E-state index in [9.17, 15) is 0 Å². The van der Waals surface area contributed by atoms with E-state index < -0.39 is 0 Å². The number of hydrogen-bond donors (Lipinski definition) is 1. The molecule has 1 N–H and O–H groups in total.